The Labute approximate surface area is 130 Å². The molecule has 1 aromatic rings. The van der Waals surface area contributed by atoms with Gasteiger partial charge in [-0.05, 0) is 60.2 Å². The Bertz CT molecular complexity index is 423. The number of benzene rings is 1. The molecule has 1 N–H and O–H groups in total. The van der Waals surface area contributed by atoms with Crippen molar-refractivity contribution in [1.29, 1.82) is 0 Å². The van der Waals surface area contributed by atoms with Crippen LogP contribution in [0.25, 0.3) is 0 Å². The second-order valence-electron chi connectivity index (χ2n) is 5.67. The van der Waals surface area contributed by atoms with Gasteiger partial charge in [0.25, 0.3) is 0 Å². The molecule has 1 saturated carbocycles. The molecule has 3 atom stereocenters. The van der Waals surface area contributed by atoms with Gasteiger partial charge < -0.3 is 10.1 Å². The molecule has 19 heavy (non-hydrogen) atoms. The summed E-state index contributed by atoms with van der Waals surface area (Å²) >= 11 is 2.33. The summed E-state index contributed by atoms with van der Waals surface area (Å²) in [4.78, 5) is 0. The van der Waals surface area contributed by atoms with Gasteiger partial charge in [0.15, 0.2) is 0 Å². The zero-order valence-corrected chi connectivity index (χ0v) is 14.2. The summed E-state index contributed by atoms with van der Waals surface area (Å²) in [7, 11) is 0. The van der Waals surface area contributed by atoms with Crippen LogP contribution in [0.2, 0.25) is 0 Å². The van der Waals surface area contributed by atoms with Crippen LogP contribution in [0.3, 0.4) is 0 Å². The molecule has 0 heterocycles. The van der Waals surface area contributed by atoms with Crippen LogP contribution in [0.4, 0.5) is 0 Å². The molecule has 0 saturated heterocycles. The predicted molar refractivity (Wildman–Crippen MR) is 88.7 cm³/mol. The first-order valence-electron chi connectivity index (χ1n) is 7.25. The van der Waals surface area contributed by atoms with Gasteiger partial charge in [-0.3, -0.25) is 0 Å². The third kappa shape index (κ3) is 3.24. The average Bonchev–Trinajstić information content (AvgIpc) is 2.41. The third-order valence-corrected chi connectivity index (χ3v) is 5.13. The van der Waals surface area contributed by atoms with Gasteiger partial charge >= 0.3 is 0 Å². The fourth-order valence-corrected chi connectivity index (χ4v) is 3.33. The van der Waals surface area contributed by atoms with Crippen LogP contribution in [0.15, 0.2) is 24.3 Å². The summed E-state index contributed by atoms with van der Waals surface area (Å²) in [5.74, 6) is 1.01. The number of hydrogen-bond donors (Lipinski definition) is 1. The van der Waals surface area contributed by atoms with E-state index in [2.05, 4.69) is 72.9 Å². The molecule has 1 fully saturated rings. The van der Waals surface area contributed by atoms with Gasteiger partial charge in [-0.25, -0.2) is 0 Å². The van der Waals surface area contributed by atoms with Crippen LogP contribution in [-0.4, -0.2) is 18.7 Å². The normalized spacial score (nSPS) is 29.9. The predicted octanol–water partition coefficient (Wildman–Crippen LogP) is 4.23. The fourth-order valence-electron chi connectivity index (χ4n) is 2.81. The minimum absolute atomic E-state index is 0.260. The molecule has 2 rings (SSSR count). The SMILES string of the molecule is CCCNC1CC(Oc2cccc(I)c2)C1(C)CC. The lowest BCUT2D eigenvalue weighted by molar-refractivity contribution is -0.0701. The van der Waals surface area contributed by atoms with Gasteiger partial charge in [0.05, 0.1) is 0 Å². The quantitative estimate of drug-likeness (QED) is 0.754. The largest absolute Gasteiger partial charge is 0.490 e. The summed E-state index contributed by atoms with van der Waals surface area (Å²) in [6.45, 7) is 7.94. The minimum atomic E-state index is 0.260. The lowest BCUT2D eigenvalue weighted by Crippen LogP contribution is -2.63. The zero-order chi connectivity index (χ0) is 13.9. The van der Waals surface area contributed by atoms with E-state index >= 15 is 0 Å². The van der Waals surface area contributed by atoms with Crippen molar-refractivity contribution < 1.29 is 4.74 Å². The van der Waals surface area contributed by atoms with E-state index in [4.69, 9.17) is 4.74 Å². The minimum Gasteiger partial charge on any atom is -0.490 e. The van der Waals surface area contributed by atoms with E-state index in [9.17, 15) is 0 Å². The summed E-state index contributed by atoms with van der Waals surface area (Å²) in [6, 6.07) is 8.93. The molecule has 0 spiro atoms. The van der Waals surface area contributed by atoms with Crippen LogP contribution in [0.1, 0.15) is 40.0 Å². The maximum absolute atomic E-state index is 6.20. The Hall–Kier alpha value is -0.290. The van der Waals surface area contributed by atoms with E-state index in [1.54, 1.807) is 0 Å². The highest BCUT2D eigenvalue weighted by Crippen LogP contribution is 2.46. The summed E-state index contributed by atoms with van der Waals surface area (Å²) in [6.07, 6.45) is 3.81. The number of rotatable bonds is 6. The lowest BCUT2D eigenvalue weighted by Gasteiger charge is -2.53. The maximum Gasteiger partial charge on any atom is 0.120 e. The summed E-state index contributed by atoms with van der Waals surface area (Å²) in [5.41, 5.74) is 0.260. The molecular formula is C16H24INO. The number of halogens is 1. The molecule has 106 valence electrons. The van der Waals surface area contributed by atoms with Gasteiger partial charge in [-0.15, -0.1) is 0 Å². The molecule has 2 nitrogen and oxygen atoms in total. The van der Waals surface area contributed by atoms with Crippen LogP contribution in [-0.2, 0) is 0 Å². The molecule has 1 aliphatic carbocycles. The topological polar surface area (TPSA) is 21.3 Å². The Balaban J connectivity index is 1.98. The highest BCUT2D eigenvalue weighted by atomic mass is 127. The van der Waals surface area contributed by atoms with Gasteiger partial charge in [0, 0.05) is 21.4 Å². The van der Waals surface area contributed by atoms with E-state index in [0.717, 1.165) is 25.1 Å². The summed E-state index contributed by atoms with van der Waals surface area (Å²) < 4.78 is 7.43. The third-order valence-electron chi connectivity index (χ3n) is 4.46. The number of ether oxygens (including phenoxy) is 1. The molecule has 0 amide bonds. The van der Waals surface area contributed by atoms with Crippen LogP contribution < -0.4 is 10.1 Å². The molecule has 3 unspecified atom stereocenters. The number of hydrogen-bond acceptors (Lipinski definition) is 2. The lowest BCUT2D eigenvalue weighted by atomic mass is 9.61. The van der Waals surface area contributed by atoms with Gasteiger partial charge in [0.2, 0.25) is 0 Å². The van der Waals surface area contributed by atoms with Crippen LogP contribution in [0, 0.1) is 8.99 Å². The highest BCUT2D eigenvalue weighted by Gasteiger charge is 2.51. The van der Waals surface area contributed by atoms with E-state index in [1.807, 2.05) is 0 Å². The number of nitrogens with one attached hydrogen (secondary N) is 1. The van der Waals surface area contributed by atoms with Crippen molar-refractivity contribution in [2.24, 2.45) is 5.41 Å². The summed E-state index contributed by atoms with van der Waals surface area (Å²) in [5, 5.41) is 3.66. The Kier molecular flexibility index (Phi) is 5.12. The first kappa shape index (κ1) is 15.1. The molecule has 1 aromatic carbocycles. The Morgan fingerprint density at radius 1 is 1.42 bits per heavy atom. The Morgan fingerprint density at radius 2 is 2.21 bits per heavy atom. The second kappa shape index (κ2) is 6.44. The van der Waals surface area contributed by atoms with Gasteiger partial charge in [-0.2, -0.15) is 0 Å². The maximum atomic E-state index is 6.20. The highest BCUT2D eigenvalue weighted by molar-refractivity contribution is 14.1. The molecule has 3 heteroatoms. The van der Waals surface area contributed by atoms with Gasteiger partial charge in [-0.1, -0.05) is 26.8 Å². The zero-order valence-electron chi connectivity index (χ0n) is 12.1. The van der Waals surface area contributed by atoms with E-state index in [-0.39, 0.29) is 5.41 Å². The Morgan fingerprint density at radius 3 is 2.84 bits per heavy atom. The molecule has 0 bridgehead atoms. The van der Waals surface area contributed by atoms with Crippen molar-refractivity contribution in [1.82, 2.24) is 5.32 Å². The molecule has 0 aliphatic heterocycles. The molecule has 0 radical (unpaired) electrons. The van der Waals surface area contributed by atoms with Crippen LogP contribution in [0.5, 0.6) is 5.75 Å². The smallest absolute Gasteiger partial charge is 0.120 e. The van der Waals surface area contributed by atoms with Crippen LogP contribution >= 0.6 is 22.6 Å². The molecule has 1 aliphatic rings. The van der Waals surface area contributed by atoms with E-state index in [1.165, 1.54) is 9.99 Å². The molecule has 0 aromatic heterocycles. The average molecular weight is 373 g/mol. The van der Waals surface area contributed by atoms with Crippen molar-refractivity contribution in [3.05, 3.63) is 27.8 Å². The van der Waals surface area contributed by atoms with Crippen molar-refractivity contribution in [3.63, 3.8) is 0 Å². The fraction of sp³-hybridized carbons (Fsp3) is 0.625. The first-order chi connectivity index (χ1) is 9.10. The first-order valence-corrected chi connectivity index (χ1v) is 8.33. The second-order valence-corrected chi connectivity index (χ2v) is 6.91. The standard InChI is InChI=1S/C16H24INO/c1-4-9-18-14-11-15(16(14,3)5-2)19-13-8-6-7-12(17)10-13/h6-8,10,14-15,18H,4-5,9,11H2,1-3H3. The van der Waals surface area contributed by atoms with Crippen molar-refractivity contribution in [3.8, 4) is 5.75 Å². The van der Waals surface area contributed by atoms with Crippen molar-refractivity contribution >= 4 is 22.6 Å². The van der Waals surface area contributed by atoms with Gasteiger partial charge in [0.1, 0.15) is 11.9 Å². The van der Waals surface area contributed by atoms with Crippen molar-refractivity contribution in [2.45, 2.75) is 52.2 Å². The monoisotopic (exact) mass is 373 g/mol. The van der Waals surface area contributed by atoms with E-state index < -0.39 is 0 Å². The van der Waals surface area contributed by atoms with Crippen molar-refractivity contribution in [2.75, 3.05) is 6.54 Å². The molecular weight excluding hydrogens is 349 g/mol. The van der Waals surface area contributed by atoms with E-state index in [0.29, 0.717) is 12.1 Å².